The molecule has 1 fully saturated rings. The number of hydrogen-bond donors (Lipinski definition) is 2. The molecule has 1 amide bonds. The van der Waals surface area contributed by atoms with Gasteiger partial charge < -0.3 is 15.0 Å². The Morgan fingerprint density at radius 1 is 1.18 bits per heavy atom. The molecule has 0 bridgehead atoms. The van der Waals surface area contributed by atoms with E-state index in [2.05, 4.69) is 4.98 Å². The van der Waals surface area contributed by atoms with Gasteiger partial charge in [-0.15, -0.1) is 0 Å². The Hall–Kier alpha value is -2.27. The van der Waals surface area contributed by atoms with Crippen LogP contribution < -0.4 is 0 Å². The van der Waals surface area contributed by atoms with Crippen LogP contribution in [0.25, 0.3) is 0 Å². The summed E-state index contributed by atoms with van der Waals surface area (Å²) in [6.45, 7) is 1.49. The van der Waals surface area contributed by atoms with E-state index in [4.69, 9.17) is 11.6 Å². The van der Waals surface area contributed by atoms with Crippen molar-refractivity contribution in [2.24, 2.45) is 0 Å². The minimum absolute atomic E-state index is 0.105. The van der Waals surface area contributed by atoms with Crippen molar-refractivity contribution in [3.8, 4) is 5.75 Å². The minimum atomic E-state index is -0.378. The molecule has 2 N–H and O–H groups in total. The number of likely N-dealkylation sites (tertiary alicyclic amines) is 1. The summed E-state index contributed by atoms with van der Waals surface area (Å²) in [5, 5.41) is 10.2. The number of carbonyl (C=O) groups excluding carboxylic acids is 2. The van der Waals surface area contributed by atoms with Crippen LogP contribution in [0.4, 0.5) is 0 Å². The smallest absolute Gasteiger partial charge is 0.270 e. The summed E-state index contributed by atoms with van der Waals surface area (Å²) >= 11 is 5.86. The van der Waals surface area contributed by atoms with Crippen molar-refractivity contribution in [1.82, 2.24) is 9.88 Å². The van der Waals surface area contributed by atoms with Crippen molar-refractivity contribution in [3.63, 3.8) is 0 Å². The van der Waals surface area contributed by atoms with E-state index in [-0.39, 0.29) is 23.0 Å². The number of phenolic OH excluding ortho intramolecular Hbond substituents is 1. The Morgan fingerprint density at radius 2 is 1.91 bits per heavy atom. The molecule has 1 saturated heterocycles. The summed E-state index contributed by atoms with van der Waals surface area (Å²) < 4.78 is 0. The van der Waals surface area contributed by atoms with E-state index in [1.54, 1.807) is 4.90 Å². The van der Waals surface area contributed by atoms with Crippen molar-refractivity contribution in [2.45, 2.75) is 12.8 Å². The molecule has 1 aromatic heterocycles. The number of nitrogens with zero attached hydrogens (tertiary/aromatic N) is 1. The van der Waals surface area contributed by atoms with E-state index >= 15 is 0 Å². The Kier molecular flexibility index (Phi) is 3.90. The number of ketones is 1. The minimum Gasteiger partial charge on any atom is -0.507 e. The molecule has 114 valence electrons. The van der Waals surface area contributed by atoms with Crippen LogP contribution in [0.3, 0.4) is 0 Å². The average molecular weight is 319 g/mol. The number of hydrogen-bond acceptors (Lipinski definition) is 3. The number of aromatic amines is 1. The maximum Gasteiger partial charge on any atom is 0.270 e. The molecule has 0 radical (unpaired) electrons. The van der Waals surface area contributed by atoms with Gasteiger partial charge in [0.25, 0.3) is 5.91 Å². The largest absolute Gasteiger partial charge is 0.507 e. The number of nitrogens with one attached hydrogen (secondary N) is 1. The van der Waals surface area contributed by atoms with Crippen molar-refractivity contribution in [3.05, 3.63) is 52.3 Å². The van der Waals surface area contributed by atoms with Gasteiger partial charge >= 0.3 is 0 Å². The highest BCUT2D eigenvalue weighted by molar-refractivity contribution is 6.31. The lowest BCUT2D eigenvalue weighted by Gasteiger charge is -2.13. The zero-order chi connectivity index (χ0) is 15.7. The summed E-state index contributed by atoms with van der Waals surface area (Å²) in [4.78, 5) is 29.3. The predicted octanol–water partition coefficient (Wildman–Crippen LogP) is 2.84. The van der Waals surface area contributed by atoms with Gasteiger partial charge in [-0.25, -0.2) is 0 Å². The molecule has 1 aliphatic heterocycles. The maximum atomic E-state index is 12.4. The second-order valence-corrected chi connectivity index (χ2v) is 5.73. The highest BCUT2D eigenvalue weighted by Gasteiger charge is 2.22. The first kappa shape index (κ1) is 14.7. The third-order valence-corrected chi connectivity index (χ3v) is 4.01. The summed E-state index contributed by atoms with van der Waals surface area (Å²) in [6, 6.07) is 5.81. The lowest BCUT2D eigenvalue weighted by Crippen LogP contribution is -2.27. The molecule has 0 aliphatic carbocycles. The van der Waals surface area contributed by atoms with E-state index in [0.29, 0.717) is 16.3 Å². The van der Waals surface area contributed by atoms with Crippen molar-refractivity contribution < 1.29 is 14.7 Å². The van der Waals surface area contributed by atoms with Gasteiger partial charge in [0.15, 0.2) is 5.78 Å². The van der Waals surface area contributed by atoms with Gasteiger partial charge in [-0.3, -0.25) is 9.59 Å². The van der Waals surface area contributed by atoms with Gasteiger partial charge in [0.1, 0.15) is 11.4 Å². The quantitative estimate of drug-likeness (QED) is 0.855. The van der Waals surface area contributed by atoms with Crippen LogP contribution in [-0.2, 0) is 0 Å². The van der Waals surface area contributed by atoms with Crippen LogP contribution >= 0.6 is 11.6 Å². The average Bonchev–Trinajstić information content (AvgIpc) is 3.19. The van der Waals surface area contributed by atoms with Crippen molar-refractivity contribution in [1.29, 1.82) is 0 Å². The number of H-pyrrole nitrogens is 1. The first-order chi connectivity index (χ1) is 10.6. The van der Waals surface area contributed by atoms with Gasteiger partial charge in [-0.1, -0.05) is 11.6 Å². The number of rotatable bonds is 3. The number of aromatic nitrogens is 1. The van der Waals surface area contributed by atoms with Crippen molar-refractivity contribution >= 4 is 23.3 Å². The Balaban J connectivity index is 1.85. The summed E-state index contributed by atoms with van der Waals surface area (Å²) in [7, 11) is 0. The molecule has 1 aromatic carbocycles. The maximum absolute atomic E-state index is 12.4. The molecule has 0 saturated carbocycles. The molecular weight excluding hydrogens is 304 g/mol. The molecule has 1 aliphatic rings. The fourth-order valence-electron chi connectivity index (χ4n) is 2.59. The van der Waals surface area contributed by atoms with Gasteiger partial charge in [-0.2, -0.15) is 0 Å². The lowest BCUT2D eigenvalue weighted by atomic mass is 10.0. The first-order valence-corrected chi connectivity index (χ1v) is 7.45. The van der Waals surface area contributed by atoms with Crippen LogP contribution in [0.2, 0.25) is 5.02 Å². The Morgan fingerprint density at radius 3 is 2.64 bits per heavy atom. The number of aromatic hydroxyl groups is 1. The van der Waals surface area contributed by atoms with E-state index in [0.717, 1.165) is 25.9 Å². The molecule has 22 heavy (non-hydrogen) atoms. The van der Waals surface area contributed by atoms with Crippen LogP contribution in [-0.4, -0.2) is 39.8 Å². The van der Waals surface area contributed by atoms with E-state index in [1.165, 1.54) is 30.5 Å². The molecule has 5 nitrogen and oxygen atoms in total. The molecule has 2 aromatic rings. The third kappa shape index (κ3) is 2.72. The van der Waals surface area contributed by atoms with Crippen LogP contribution in [0.5, 0.6) is 5.75 Å². The fourth-order valence-corrected chi connectivity index (χ4v) is 2.76. The SMILES string of the molecule is O=C(c1c[nH]c(C(=O)N2CCCC2)c1)c1cc(Cl)ccc1O. The Labute approximate surface area is 132 Å². The van der Waals surface area contributed by atoms with E-state index < -0.39 is 0 Å². The third-order valence-electron chi connectivity index (χ3n) is 3.77. The lowest BCUT2D eigenvalue weighted by molar-refractivity contribution is 0.0787. The zero-order valence-electron chi connectivity index (χ0n) is 11.8. The molecule has 3 rings (SSSR count). The highest BCUT2D eigenvalue weighted by Crippen LogP contribution is 2.24. The Bertz CT molecular complexity index is 733. The zero-order valence-corrected chi connectivity index (χ0v) is 12.6. The van der Waals surface area contributed by atoms with Crippen LogP contribution in [0.15, 0.2) is 30.5 Å². The predicted molar refractivity (Wildman–Crippen MR) is 82.5 cm³/mol. The summed E-state index contributed by atoms with van der Waals surface area (Å²) in [5.74, 6) is -0.619. The summed E-state index contributed by atoms with van der Waals surface area (Å²) in [5.41, 5.74) is 0.818. The molecular formula is C16H15ClN2O3. The monoisotopic (exact) mass is 318 g/mol. The van der Waals surface area contributed by atoms with Gasteiger partial charge in [0.2, 0.25) is 0 Å². The number of halogens is 1. The van der Waals surface area contributed by atoms with Crippen LogP contribution in [0, 0.1) is 0 Å². The molecule has 0 unspecified atom stereocenters. The second-order valence-electron chi connectivity index (χ2n) is 5.29. The topological polar surface area (TPSA) is 73.4 Å². The fraction of sp³-hybridized carbons (Fsp3) is 0.250. The number of phenols is 1. The highest BCUT2D eigenvalue weighted by atomic mass is 35.5. The second kappa shape index (κ2) is 5.85. The first-order valence-electron chi connectivity index (χ1n) is 7.07. The van der Waals surface area contributed by atoms with Gasteiger partial charge in [-0.05, 0) is 37.1 Å². The number of benzene rings is 1. The van der Waals surface area contributed by atoms with Gasteiger partial charge in [0, 0.05) is 29.9 Å². The molecule has 0 atom stereocenters. The summed E-state index contributed by atoms with van der Waals surface area (Å²) in [6.07, 6.45) is 3.50. The van der Waals surface area contributed by atoms with E-state index in [1.807, 2.05) is 0 Å². The number of carbonyl (C=O) groups is 2. The molecule has 2 heterocycles. The molecule has 6 heteroatoms. The van der Waals surface area contributed by atoms with Crippen molar-refractivity contribution in [2.75, 3.05) is 13.1 Å². The van der Waals surface area contributed by atoms with E-state index in [9.17, 15) is 14.7 Å². The van der Waals surface area contributed by atoms with Crippen LogP contribution in [0.1, 0.15) is 39.3 Å². The number of amides is 1. The van der Waals surface area contributed by atoms with Gasteiger partial charge in [0.05, 0.1) is 5.56 Å². The standard InChI is InChI=1S/C16H15ClN2O3/c17-11-3-4-14(20)12(8-11)15(21)10-7-13(18-9-10)16(22)19-5-1-2-6-19/h3-4,7-9,18,20H,1-2,5-6H2. The normalized spacial score (nSPS) is 14.3. The molecule has 0 spiro atoms.